The summed E-state index contributed by atoms with van der Waals surface area (Å²) in [5.41, 5.74) is 3.17. The van der Waals surface area contributed by atoms with Gasteiger partial charge in [0, 0.05) is 6.42 Å². The molecular formula is C27H44O3. The molecular weight excluding hydrogens is 372 g/mol. The van der Waals surface area contributed by atoms with Gasteiger partial charge in [0.1, 0.15) is 0 Å². The second kappa shape index (κ2) is 9.30. The van der Waals surface area contributed by atoms with Crippen molar-refractivity contribution in [3.63, 3.8) is 0 Å². The number of aliphatic hydroxyl groups excluding tert-OH is 2. The fourth-order valence-electron chi connectivity index (χ4n) is 6.74. The molecule has 0 aliphatic heterocycles. The largest absolute Gasteiger partial charge is 0.393 e. The molecule has 0 aromatic heterocycles. The van der Waals surface area contributed by atoms with Crippen molar-refractivity contribution in [2.24, 2.45) is 23.2 Å². The summed E-state index contributed by atoms with van der Waals surface area (Å²) in [7, 11) is 0. The van der Waals surface area contributed by atoms with Crippen LogP contribution in [-0.2, 0) is 0 Å². The normalized spacial score (nSPS) is 38.8. The van der Waals surface area contributed by atoms with Gasteiger partial charge >= 0.3 is 0 Å². The van der Waals surface area contributed by atoms with Crippen molar-refractivity contribution in [1.82, 2.24) is 0 Å². The first kappa shape index (κ1) is 23.8. The Bertz CT molecular complexity index is 683. The topological polar surface area (TPSA) is 60.7 Å². The van der Waals surface area contributed by atoms with Gasteiger partial charge in [0.2, 0.25) is 0 Å². The van der Waals surface area contributed by atoms with E-state index in [1.165, 1.54) is 38.5 Å². The summed E-state index contributed by atoms with van der Waals surface area (Å²) in [4.78, 5) is 0. The van der Waals surface area contributed by atoms with E-state index in [1.807, 2.05) is 13.8 Å². The van der Waals surface area contributed by atoms with Crippen LogP contribution in [0.5, 0.6) is 0 Å². The fraction of sp³-hybridized carbons (Fsp3) is 0.778. The summed E-state index contributed by atoms with van der Waals surface area (Å²) in [6.45, 7) is 12.8. The van der Waals surface area contributed by atoms with Gasteiger partial charge in [-0.25, -0.2) is 0 Å². The second-order valence-electron chi connectivity index (χ2n) is 11.3. The first-order valence-electron chi connectivity index (χ1n) is 12.2. The summed E-state index contributed by atoms with van der Waals surface area (Å²) < 4.78 is 0. The molecule has 0 heterocycles. The molecule has 0 radical (unpaired) electrons. The lowest BCUT2D eigenvalue weighted by Gasteiger charge is -2.44. The lowest BCUT2D eigenvalue weighted by molar-refractivity contribution is 0.0596. The van der Waals surface area contributed by atoms with Crippen LogP contribution in [0.15, 0.2) is 35.5 Å². The molecule has 3 fully saturated rings. The Morgan fingerprint density at radius 1 is 1.23 bits per heavy atom. The first-order chi connectivity index (χ1) is 14.0. The highest BCUT2D eigenvalue weighted by molar-refractivity contribution is 5.38. The molecule has 0 aromatic carbocycles. The maximum absolute atomic E-state index is 10.1. The van der Waals surface area contributed by atoms with Gasteiger partial charge in [0.25, 0.3) is 0 Å². The van der Waals surface area contributed by atoms with Gasteiger partial charge in [-0.2, -0.15) is 0 Å². The van der Waals surface area contributed by atoms with Crippen LogP contribution >= 0.6 is 0 Å². The number of hydrogen-bond donors (Lipinski definition) is 3. The number of rotatable bonds is 6. The predicted octanol–water partition coefficient (Wildman–Crippen LogP) is 5.70. The summed E-state index contributed by atoms with van der Waals surface area (Å²) in [5.74, 6) is 2.11. The summed E-state index contributed by atoms with van der Waals surface area (Å²) in [6, 6.07) is 0. The summed E-state index contributed by atoms with van der Waals surface area (Å²) in [5, 5.41) is 30.2. The third kappa shape index (κ3) is 5.29. The molecule has 0 amide bonds. The number of aliphatic hydroxyl groups is 3. The molecule has 30 heavy (non-hydrogen) atoms. The van der Waals surface area contributed by atoms with Crippen LogP contribution in [0.4, 0.5) is 0 Å². The SMILES string of the molecule is C=C1/C(=C\C=C2/CCC[C@]3(C)[C@@H]([C@@H](C)CCCC(C)(C)O)CC[C@@H]23)C[C@@H](O)C[C@H]1O. The standard InChI is InChI=1S/C27H44O3/c1-18(8-6-14-26(3,4)30)23-12-13-24-20(9-7-15-27(23,24)5)10-11-21-16-22(28)17-25(29)19(21)2/h10-11,18,22-25,28-30H,2,6-9,12-17H2,1,3-5H3/b20-10+,21-11-/t18-,22+,23+,24-,25+,27+/m0/s1. The Labute approximate surface area is 184 Å². The highest BCUT2D eigenvalue weighted by Gasteiger charge is 2.50. The molecule has 0 unspecified atom stereocenters. The van der Waals surface area contributed by atoms with Gasteiger partial charge in [-0.15, -0.1) is 0 Å². The third-order valence-electron chi connectivity index (χ3n) is 8.44. The third-order valence-corrected chi connectivity index (χ3v) is 8.44. The first-order valence-corrected chi connectivity index (χ1v) is 12.2. The average Bonchev–Trinajstić information content (AvgIpc) is 3.00. The Kier molecular flexibility index (Phi) is 7.37. The van der Waals surface area contributed by atoms with Crippen LogP contribution < -0.4 is 0 Å². The minimum Gasteiger partial charge on any atom is -0.393 e. The van der Waals surface area contributed by atoms with E-state index in [0.717, 1.165) is 29.9 Å². The Morgan fingerprint density at radius 2 is 1.97 bits per heavy atom. The van der Waals surface area contributed by atoms with Crippen molar-refractivity contribution in [2.75, 3.05) is 0 Å². The summed E-state index contributed by atoms with van der Waals surface area (Å²) in [6.07, 6.45) is 13.9. The molecule has 3 saturated carbocycles. The lowest BCUT2D eigenvalue weighted by Crippen LogP contribution is -2.36. The molecule has 3 N–H and O–H groups in total. The van der Waals surface area contributed by atoms with Crippen LogP contribution in [0.25, 0.3) is 0 Å². The Morgan fingerprint density at radius 3 is 2.67 bits per heavy atom. The second-order valence-corrected chi connectivity index (χ2v) is 11.3. The smallest absolute Gasteiger partial charge is 0.0811 e. The maximum atomic E-state index is 10.1. The van der Waals surface area contributed by atoms with Crippen LogP contribution in [0, 0.1) is 23.2 Å². The molecule has 0 spiro atoms. The molecule has 6 atom stereocenters. The molecule has 170 valence electrons. The fourth-order valence-corrected chi connectivity index (χ4v) is 6.74. The van der Waals surface area contributed by atoms with Gasteiger partial charge in [-0.05, 0) is 93.1 Å². The van der Waals surface area contributed by atoms with Crippen molar-refractivity contribution in [3.05, 3.63) is 35.5 Å². The van der Waals surface area contributed by atoms with Crippen LogP contribution in [0.3, 0.4) is 0 Å². The number of hydrogen-bond acceptors (Lipinski definition) is 3. The van der Waals surface area contributed by atoms with Gasteiger partial charge in [-0.1, -0.05) is 51.0 Å². The van der Waals surface area contributed by atoms with Gasteiger partial charge < -0.3 is 15.3 Å². The Balaban J connectivity index is 1.70. The van der Waals surface area contributed by atoms with Crippen molar-refractivity contribution in [2.45, 2.75) is 110 Å². The zero-order chi connectivity index (χ0) is 22.1. The molecule has 3 aliphatic carbocycles. The molecule has 3 heteroatoms. The molecule has 0 bridgehead atoms. The Hall–Kier alpha value is -0.900. The number of fused-ring (bicyclic) bond motifs is 1. The van der Waals surface area contributed by atoms with E-state index >= 15 is 0 Å². The van der Waals surface area contributed by atoms with Gasteiger partial charge in [0.05, 0.1) is 17.8 Å². The zero-order valence-electron chi connectivity index (χ0n) is 19.7. The monoisotopic (exact) mass is 416 g/mol. The quantitative estimate of drug-likeness (QED) is 0.520. The van der Waals surface area contributed by atoms with E-state index in [4.69, 9.17) is 0 Å². The summed E-state index contributed by atoms with van der Waals surface area (Å²) >= 11 is 0. The lowest BCUT2D eigenvalue weighted by atomic mass is 9.60. The molecule has 3 rings (SSSR count). The van der Waals surface area contributed by atoms with Crippen LogP contribution in [-0.4, -0.2) is 33.1 Å². The van der Waals surface area contributed by atoms with Crippen molar-refractivity contribution < 1.29 is 15.3 Å². The minimum atomic E-state index is -0.615. The molecule has 3 aliphatic rings. The zero-order valence-corrected chi connectivity index (χ0v) is 19.7. The van der Waals surface area contributed by atoms with Crippen molar-refractivity contribution >= 4 is 0 Å². The number of allylic oxidation sites excluding steroid dienone is 3. The molecule has 3 nitrogen and oxygen atoms in total. The average molecular weight is 417 g/mol. The van der Waals surface area contributed by atoms with E-state index in [-0.39, 0.29) is 0 Å². The molecule has 0 saturated heterocycles. The van der Waals surface area contributed by atoms with E-state index in [9.17, 15) is 15.3 Å². The van der Waals surface area contributed by atoms with Crippen molar-refractivity contribution in [1.29, 1.82) is 0 Å². The minimum absolute atomic E-state index is 0.374. The van der Waals surface area contributed by atoms with E-state index < -0.39 is 17.8 Å². The molecule has 0 aromatic rings. The van der Waals surface area contributed by atoms with Gasteiger partial charge in [-0.3, -0.25) is 0 Å². The van der Waals surface area contributed by atoms with Crippen LogP contribution in [0.1, 0.15) is 91.9 Å². The maximum Gasteiger partial charge on any atom is 0.0811 e. The highest BCUT2D eigenvalue weighted by Crippen LogP contribution is 2.60. The van der Waals surface area contributed by atoms with E-state index in [0.29, 0.717) is 30.1 Å². The van der Waals surface area contributed by atoms with E-state index in [2.05, 4.69) is 32.6 Å². The van der Waals surface area contributed by atoms with Crippen LogP contribution in [0.2, 0.25) is 0 Å². The highest BCUT2D eigenvalue weighted by atomic mass is 16.3. The van der Waals surface area contributed by atoms with E-state index in [1.54, 1.807) is 5.57 Å². The predicted molar refractivity (Wildman–Crippen MR) is 124 cm³/mol. The van der Waals surface area contributed by atoms with Gasteiger partial charge in [0.15, 0.2) is 0 Å². The van der Waals surface area contributed by atoms with Crippen molar-refractivity contribution in [3.8, 4) is 0 Å².